The quantitative estimate of drug-likeness (QED) is 0.522. The molecule has 0 aliphatic heterocycles. The monoisotopic (exact) mass is 126 g/mol. The van der Waals surface area contributed by atoms with Crippen LogP contribution in [0, 0.1) is 11.3 Å². The summed E-state index contributed by atoms with van der Waals surface area (Å²) in [6.07, 6.45) is 5.00. The number of rotatable bonds is 0. The van der Waals surface area contributed by atoms with Crippen LogP contribution < -0.4 is 0 Å². The Kier molecular flexibility index (Phi) is 0.963. The van der Waals surface area contributed by atoms with Gasteiger partial charge in [0.05, 0.1) is 6.10 Å². The van der Waals surface area contributed by atoms with Gasteiger partial charge in [-0.2, -0.15) is 0 Å². The standard InChI is InChI=1S/C8H14O/c1-8-4-2-6(8)7(9)3-5-8/h6-7,9H,2-5H2,1H3/t6-,7-,8+/m1/s1. The topological polar surface area (TPSA) is 20.2 Å². The van der Waals surface area contributed by atoms with E-state index < -0.39 is 0 Å². The third-order valence-corrected chi connectivity index (χ3v) is 3.40. The summed E-state index contributed by atoms with van der Waals surface area (Å²) in [6.45, 7) is 2.32. The molecular weight excluding hydrogens is 112 g/mol. The highest BCUT2D eigenvalue weighted by atomic mass is 16.3. The summed E-state index contributed by atoms with van der Waals surface area (Å²) in [4.78, 5) is 0. The minimum absolute atomic E-state index is 0.0451. The van der Waals surface area contributed by atoms with Gasteiger partial charge in [-0.1, -0.05) is 6.92 Å². The summed E-state index contributed by atoms with van der Waals surface area (Å²) >= 11 is 0. The average Bonchev–Trinajstić information content (AvgIpc) is 1.93. The highest BCUT2D eigenvalue weighted by molar-refractivity contribution is 5.01. The Morgan fingerprint density at radius 2 is 2.00 bits per heavy atom. The van der Waals surface area contributed by atoms with Crippen molar-refractivity contribution in [1.82, 2.24) is 0 Å². The van der Waals surface area contributed by atoms with Crippen molar-refractivity contribution < 1.29 is 5.11 Å². The first kappa shape index (κ1) is 5.72. The van der Waals surface area contributed by atoms with Crippen molar-refractivity contribution in [2.24, 2.45) is 11.3 Å². The molecule has 0 spiro atoms. The zero-order valence-electron chi connectivity index (χ0n) is 5.93. The molecule has 0 aromatic heterocycles. The molecule has 3 atom stereocenters. The Morgan fingerprint density at radius 1 is 1.33 bits per heavy atom. The minimum atomic E-state index is 0.0451. The van der Waals surface area contributed by atoms with Gasteiger partial charge >= 0.3 is 0 Å². The molecule has 0 aromatic carbocycles. The van der Waals surface area contributed by atoms with Gasteiger partial charge in [0.1, 0.15) is 0 Å². The molecule has 2 aliphatic carbocycles. The SMILES string of the molecule is C[C@]12CC[C@@H](O)[C@H]1CC2. The van der Waals surface area contributed by atoms with Gasteiger partial charge in [0, 0.05) is 0 Å². The predicted molar refractivity (Wildman–Crippen MR) is 36.1 cm³/mol. The number of aliphatic hydroxyl groups excluding tert-OH is 1. The molecule has 0 heterocycles. The van der Waals surface area contributed by atoms with Gasteiger partial charge in [0.2, 0.25) is 0 Å². The normalized spacial score (nSPS) is 56.7. The van der Waals surface area contributed by atoms with Crippen LogP contribution in [-0.2, 0) is 0 Å². The largest absolute Gasteiger partial charge is 0.393 e. The van der Waals surface area contributed by atoms with Crippen LogP contribution in [0.3, 0.4) is 0 Å². The second-order valence-electron chi connectivity index (χ2n) is 3.91. The van der Waals surface area contributed by atoms with Crippen molar-refractivity contribution in [3.8, 4) is 0 Å². The van der Waals surface area contributed by atoms with Gasteiger partial charge < -0.3 is 5.11 Å². The van der Waals surface area contributed by atoms with Crippen molar-refractivity contribution in [3.05, 3.63) is 0 Å². The number of hydrogen-bond acceptors (Lipinski definition) is 1. The summed E-state index contributed by atoms with van der Waals surface area (Å²) < 4.78 is 0. The number of aliphatic hydroxyl groups is 1. The Bertz CT molecular complexity index is 133. The molecule has 0 saturated heterocycles. The third-order valence-electron chi connectivity index (χ3n) is 3.40. The zero-order chi connectivity index (χ0) is 6.48. The van der Waals surface area contributed by atoms with Crippen LogP contribution >= 0.6 is 0 Å². The van der Waals surface area contributed by atoms with Gasteiger partial charge in [-0.3, -0.25) is 0 Å². The molecule has 1 nitrogen and oxygen atoms in total. The van der Waals surface area contributed by atoms with Crippen LogP contribution in [0.2, 0.25) is 0 Å². The Hall–Kier alpha value is -0.0400. The van der Waals surface area contributed by atoms with Crippen LogP contribution in [0.25, 0.3) is 0 Å². The molecule has 1 N–H and O–H groups in total. The summed E-state index contributed by atoms with van der Waals surface area (Å²) in [5.74, 6) is 0.664. The molecule has 0 amide bonds. The van der Waals surface area contributed by atoms with Gasteiger partial charge in [-0.05, 0) is 37.0 Å². The highest BCUT2D eigenvalue weighted by Crippen LogP contribution is 2.56. The number of hydrogen-bond donors (Lipinski definition) is 1. The molecule has 2 aliphatic rings. The van der Waals surface area contributed by atoms with E-state index in [0.717, 1.165) is 6.42 Å². The van der Waals surface area contributed by atoms with E-state index in [1.165, 1.54) is 19.3 Å². The predicted octanol–water partition coefficient (Wildman–Crippen LogP) is 1.56. The maximum Gasteiger partial charge on any atom is 0.0573 e. The lowest BCUT2D eigenvalue weighted by molar-refractivity contribution is 0.00767. The highest BCUT2D eigenvalue weighted by Gasteiger charge is 2.50. The van der Waals surface area contributed by atoms with Crippen LogP contribution in [-0.4, -0.2) is 11.2 Å². The van der Waals surface area contributed by atoms with E-state index in [2.05, 4.69) is 6.92 Å². The molecule has 52 valence electrons. The zero-order valence-corrected chi connectivity index (χ0v) is 5.93. The van der Waals surface area contributed by atoms with Gasteiger partial charge in [-0.15, -0.1) is 0 Å². The van der Waals surface area contributed by atoms with E-state index in [1.54, 1.807) is 0 Å². The summed E-state index contributed by atoms with van der Waals surface area (Å²) in [5.41, 5.74) is 0.555. The number of fused-ring (bicyclic) bond motifs is 1. The van der Waals surface area contributed by atoms with E-state index in [1.807, 2.05) is 0 Å². The fourth-order valence-corrected chi connectivity index (χ4v) is 2.45. The van der Waals surface area contributed by atoms with Crippen molar-refractivity contribution in [2.45, 2.75) is 38.7 Å². The molecule has 0 aromatic rings. The second kappa shape index (κ2) is 1.51. The van der Waals surface area contributed by atoms with Crippen LogP contribution in [0.5, 0.6) is 0 Å². The minimum Gasteiger partial charge on any atom is -0.393 e. The molecule has 0 bridgehead atoms. The van der Waals surface area contributed by atoms with Gasteiger partial charge in [-0.25, -0.2) is 0 Å². The molecular formula is C8H14O. The lowest BCUT2D eigenvalue weighted by Gasteiger charge is -2.43. The van der Waals surface area contributed by atoms with E-state index in [9.17, 15) is 5.11 Å². The lowest BCUT2D eigenvalue weighted by Crippen LogP contribution is -2.37. The summed E-state index contributed by atoms with van der Waals surface area (Å²) in [6, 6.07) is 0. The first-order chi connectivity index (χ1) is 4.22. The van der Waals surface area contributed by atoms with Gasteiger partial charge in [0.15, 0.2) is 0 Å². The second-order valence-corrected chi connectivity index (χ2v) is 3.91. The maximum atomic E-state index is 9.38. The summed E-state index contributed by atoms with van der Waals surface area (Å²) in [5, 5.41) is 9.38. The molecule has 9 heavy (non-hydrogen) atoms. The fourth-order valence-electron chi connectivity index (χ4n) is 2.45. The average molecular weight is 126 g/mol. The molecule has 1 heteroatoms. The summed E-state index contributed by atoms with van der Waals surface area (Å²) in [7, 11) is 0. The Labute approximate surface area is 56.1 Å². The van der Waals surface area contributed by atoms with Crippen molar-refractivity contribution in [1.29, 1.82) is 0 Å². The van der Waals surface area contributed by atoms with E-state index in [-0.39, 0.29) is 6.10 Å². The smallest absolute Gasteiger partial charge is 0.0573 e. The fraction of sp³-hybridized carbons (Fsp3) is 1.00. The lowest BCUT2D eigenvalue weighted by atomic mass is 9.63. The van der Waals surface area contributed by atoms with Gasteiger partial charge in [0.25, 0.3) is 0 Å². The molecule has 2 rings (SSSR count). The third kappa shape index (κ3) is 0.586. The first-order valence-electron chi connectivity index (χ1n) is 3.90. The van der Waals surface area contributed by atoms with E-state index in [0.29, 0.717) is 11.3 Å². The molecule has 0 unspecified atom stereocenters. The van der Waals surface area contributed by atoms with Crippen LogP contribution in [0.1, 0.15) is 32.6 Å². The Balaban J connectivity index is 2.15. The molecule has 2 fully saturated rings. The van der Waals surface area contributed by atoms with Crippen LogP contribution in [0.15, 0.2) is 0 Å². The maximum absolute atomic E-state index is 9.38. The van der Waals surface area contributed by atoms with E-state index in [4.69, 9.17) is 0 Å². The van der Waals surface area contributed by atoms with Crippen molar-refractivity contribution in [3.63, 3.8) is 0 Å². The van der Waals surface area contributed by atoms with Crippen LogP contribution in [0.4, 0.5) is 0 Å². The van der Waals surface area contributed by atoms with Crippen molar-refractivity contribution in [2.75, 3.05) is 0 Å². The Morgan fingerprint density at radius 3 is 2.22 bits per heavy atom. The van der Waals surface area contributed by atoms with Crippen molar-refractivity contribution >= 4 is 0 Å². The molecule has 0 radical (unpaired) electrons. The first-order valence-corrected chi connectivity index (χ1v) is 3.90. The van der Waals surface area contributed by atoms with E-state index >= 15 is 0 Å². The molecule has 2 saturated carbocycles.